The fraction of sp³-hybridized carbons (Fsp3) is 0.182. The van der Waals surface area contributed by atoms with Crippen LogP contribution in [0.2, 0.25) is 0 Å². The zero-order valence-corrected chi connectivity index (χ0v) is 11.4. The van der Waals surface area contributed by atoms with Gasteiger partial charge in [-0.2, -0.15) is 4.72 Å². The second kappa shape index (κ2) is 5.50. The molecule has 0 aliphatic carbocycles. The van der Waals surface area contributed by atoms with Crippen molar-refractivity contribution in [3.8, 4) is 0 Å². The Morgan fingerprint density at radius 2 is 1.81 bits per heavy atom. The highest BCUT2D eigenvalue weighted by Gasteiger charge is 2.22. The minimum absolute atomic E-state index is 0.129. The summed E-state index contributed by atoms with van der Waals surface area (Å²) in [4.78, 5) is 32.9. The van der Waals surface area contributed by atoms with E-state index >= 15 is 0 Å². The van der Waals surface area contributed by atoms with Gasteiger partial charge in [-0.15, -0.1) is 0 Å². The molecule has 1 aliphatic rings. The molecule has 0 aromatic heterocycles. The number of amides is 2. The fourth-order valence-electron chi connectivity index (χ4n) is 1.68. The average Bonchev–Trinajstić information content (AvgIpc) is 2.52. The van der Waals surface area contributed by atoms with Crippen LogP contribution < -0.4 is 15.4 Å². The number of carboxylic acids is 1. The van der Waals surface area contributed by atoms with Crippen molar-refractivity contribution in [2.45, 2.75) is 11.3 Å². The van der Waals surface area contributed by atoms with Crippen molar-refractivity contribution in [3.63, 3.8) is 0 Å². The van der Waals surface area contributed by atoms with Gasteiger partial charge < -0.3 is 15.7 Å². The molecule has 0 radical (unpaired) electrons. The van der Waals surface area contributed by atoms with Gasteiger partial charge in [0.1, 0.15) is 13.0 Å². The number of aliphatic carboxylic acids is 1. The summed E-state index contributed by atoms with van der Waals surface area (Å²) in [5.74, 6) is -2.40. The molecule has 0 spiro atoms. The monoisotopic (exact) mass is 313 g/mol. The summed E-state index contributed by atoms with van der Waals surface area (Å²) in [5.41, 5.74) is 0.395. The summed E-state index contributed by atoms with van der Waals surface area (Å²) in [5, 5.41) is 13.3. The van der Waals surface area contributed by atoms with E-state index in [-0.39, 0.29) is 22.7 Å². The number of hydrogen-bond acceptors (Lipinski definition) is 5. The normalized spacial score (nSPS) is 14.7. The molecular weight excluding hydrogens is 302 g/mol. The number of hydrogen-bond donors (Lipinski definition) is 4. The maximum atomic E-state index is 11.9. The van der Waals surface area contributed by atoms with E-state index in [1.165, 1.54) is 12.1 Å². The van der Waals surface area contributed by atoms with E-state index in [2.05, 4.69) is 10.6 Å². The summed E-state index contributed by atoms with van der Waals surface area (Å²) >= 11 is 0. The predicted octanol–water partition coefficient (Wildman–Crippen LogP) is -0.670. The molecule has 2 rings (SSSR count). The van der Waals surface area contributed by atoms with Crippen LogP contribution in [0, 0.1) is 0 Å². The molecule has 0 atom stereocenters. The van der Waals surface area contributed by atoms with Gasteiger partial charge in [0.05, 0.1) is 16.3 Å². The van der Waals surface area contributed by atoms with E-state index in [9.17, 15) is 22.8 Å². The molecule has 112 valence electrons. The SMILES string of the molecule is O=C(O)CNS(=O)(=O)c1ccc2c(c1)NC(=O)CC(=O)N2. The highest BCUT2D eigenvalue weighted by atomic mass is 32.2. The van der Waals surface area contributed by atoms with Crippen molar-refractivity contribution in [2.24, 2.45) is 0 Å². The molecule has 1 aliphatic heterocycles. The fourth-order valence-corrected chi connectivity index (χ4v) is 2.68. The largest absolute Gasteiger partial charge is 0.480 e. The van der Waals surface area contributed by atoms with Gasteiger partial charge in [-0.05, 0) is 18.2 Å². The van der Waals surface area contributed by atoms with Gasteiger partial charge in [0, 0.05) is 0 Å². The summed E-state index contributed by atoms with van der Waals surface area (Å²) < 4.78 is 25.6. The van der Waals surface area contributed by atoms with Crippen molar-refractivity contribution in [3.05, 3.63) is 18.2 Å². The lowest BCUT2D eigenvalue weighted by molar-refractivity contribution is -0.135. The number of rotatable bonds is 4. The van der Waals surface area contributed by atoms with Crippen LogP contribution in [0.15, 0.2) is 23.1 Å². The van der Waals surface area contributed by atoms with E-state index in [1.807, 2.05) is 4.72 Å². The van der Waals surface area contributed by atoms with E-state index in [4.69, 9.17) is 5.11 Å². The molecule has 0 saturated heterocycles. The third kappa shape index (κ3) is 3.55. The zero-order chi connectivity index (χ0) is 15.6. The second-order valence-corrected chi connectivity index (χ2v) is 5.97. The summed E-state index contributed by atoms with van der Waals surface area (Å²) in [7, 11) is -4.03. The second-order valence-electron chi connectivity index (χ2n) is 4.20. The highest BCUT2D eigenvalue weighted by molar-refractivity contribution is 7.89. The minimum Gasteiger partial charge on any atom is -0.480 e. The van der Waals surface area contributed by atoms with Gasteiger partial charge in [0.2, 0.25) is 21.8 Å². The molecule has 21 heavy (non-hydrogen) atoms. The summed E-state index contributed by atoms with van der Waals surface area (Å²) in [6, 6.07) is 3.65. The van der Waals surface area contributed by atoms with Gasteiger partial charge in [0.15, 0.2) is 0 Å². The number of carboxylic acid groups (broad SMARTS) is 1. The van der Waals surface area contributed by atoms with Crippen LogP contribution in [0.1, 0.15) is 6.42 Å². The van der Waals surface area contributed by atoms with Gasteiger partial charge in [-0.3, -0.25) is 14.4 Å². The Bertz CT molecular complexity index is 727. The molecule has 1 aromatic carbocycles. The van der Waals surface area contributed by atoms with Crippen LogP contribution >= 0.6 is 0 Å². The number of benzene rings is 1. The first-order chi connectivity index (χ1) is 9.78. The molecule has 1 aromatic rings. The van der Waals surface area contributed by atoms with Crippen LogP contribution in [0.3, 0.4) is 0 Å². The first-order valence-corrected chi connectivity index (χ1v) is 7.21. The van der Waals surface area contributed by atoms with Crippen LogP contribution in [0.25, 0.3) is 0 Å². The molecular formula is C11H11N3O6S. The topological polar surface area (TPSA) is 142 Å². The molecule has 0 bridgehead atoms. The number of carbonyl (C=O) groups excluding carboxylic acids is 2. The lowest BCUT2D eigenvalue weighted by Gasteiger charge is -2.10. The van der Waals surface area contributed by atoms with Crippen molar-refractivity contribution >= 4 is 39.2 Å². The van der Waals surface area contributed by atoms with E-state index < -0.39 is 34.4 Å². The molecule has 0 unspecified atom stereocenters. The standard InChI is InChI=1S/C11H11N3O6S/c15-9-4-10(16)14-8-3-6(1-2-7(8)13-9)21(19,20)12-5-11(17)18/h1-3,12H,4-5H2,(H,13,15)(H,14,16)(H,17,18). The third-order valence-corrected chi connectivity index (χ3v) is 3.98. The van der Waals surface area contributed by atoms with Gasteiger partial charge >= 0.3 is 5.97 Å². The number of nitrogens with one attached hydrogen (secondary N) is 3. The van der Waals surface area contributed by atoms with Crippen molar-refractivity contribution in [2.75, 3.05) is 17.2 Å². The number of carbonyl (C=O) groups is 3. The molecule has 0 fully saturated rings. The predicted molar refractivity (Wildman–Crippen MR) is 71.1 cm³/mol. The first kappa shape index (κ1) is 14.9. The Balaban J connectivity index is 2.34. The highest BCUT2D eigenvalue weighted by Crippen LogP contribution is 2.27. The van der Waals surface area contributed by atoms with Crippen molar-refractivity contribution in [1.29, 1.82) is 0 Å². The smallest absolute Gasteiger partial charge is 0.318 e. The molecule has 1 heterocycles. The molecule has 10 heteroatoms. The summed E-state index contributed by atoms with van der Waals surface area (Å²) in [6.07, 6.45) is -0.367. The minimum atomic E-state index is -4.03. The Labute approximate surface area is 119 Å². The van der Waals surface area contributed by atoms with Crippen LogP contribution in [-0.2, 0) is 24.4 Å². The Morgan fingerprint density at radius 3 is 2.43 bits per heavy atom. The van der Waals surface area contributed by atoms with Crippen molar-refractivity contribution < 1.29 is 27.9 Å². The first-order valence-electron chi connectivity index (χ1n) is 5.73. The van der Waals surface area contributed by atoms with Crippen LogP contribution in [-0.4, -0.2) is 37.9 Å². The van der Waals surface area contributed by atoms with Gasteiger partial charge in [-0.1, -0.05) is 0 Å². The number of anilines is 2. The molecule has 4 N–H and O–H groups in total. The molecule has 2 amide bonds. The maximum absolute atomic E-state index is 11.9. The number of sulfonamides is 1. The van der Waals surface area contributed by atoms with Crippen molar-refractivity contribution in [1.82, 2.24) is 4.72 Å². The molecule has 0 saturated carbocycles. The van der Waals surface area contributed by atoms with Crippen LogP contribution in [0.5, 0.6) is 0 Å². The lowest BCUT2D eigenvalue weighted by atomic mass is 10.2. The van der Waals surface area contributed by atoms with E-state index in [0.29, 0.717) is 0 Å². The van der Waals surface area contributed by atoms with Gasteiger partial charge in [0.25, 0.3) is 0 Å². The van der Waals surface area contributed by atoms with E-state index in [1.54, 1.807) is 0 Å². The lowest BCUT2D eigenvalue weighted by Crippen LogP contribution is -2.29. The summed E-state index contributed by atoms with van der Waals surface area (Å²) in [6.45, 7) is -0.761. The van der Waals surface area contributed by atoms with E-state index in [0.717, 1.165) is 6.07 Å². The quantitative estimate of drug-likeness (QED) is 0.543. The molecule has 9 nitrogen and oxygen atoms in total. The Hall–Kier alpha value is -2.46. The zero-order valence-electron chi connectivity index (χ0n) is 10.5. The third-order valence-electron chi connectivity index (χ3n) is 2.58. The average molecular weight is 313 g/mol. The van der Waals surface area contributed by atoms with Crippen LogP contribution in [0.4, 0.5) is 11.4 Å². The number of fused-ring (bicyclic) bond motifs is 1. The maximum Gasteiger partial charge on any atom is 0.318 e. The van der Waals surface area contributed by atoms with Gasteiger partial charge in [-0.25, -0.2) is 8.42 Å². The Kier molecular flexibility index (Phi) is 3.91. The Morgan fingerprint density at radius 1 is 1.19 bits per heavy atom.